The summed E-state index contributed by atoms with van der Waals surface area (Å²) in [5, 5.41) is 3.66. The number of hydrogen-bond donors (Lipinski definition) is 1. The highest BCUT2D eigenvalue weighted by Gasteiger charge is 2.14. The molecule has 110 valence electrons. The van der Waals surface area contributed by atoms with Crippen LogP contribution in [0, 0.1) is 0 Å². The summed E-state index contributed by atoms with van der Waals surface area (Å²) in [7, 11) is 0. The molecular formula is C19H29N. The van der Waals surface area contributed by atoms with Crippen molar-refractivity contribution in [3.8, 4) is 0 Å². The molecule has 1 heteroatoms. The molecule has 1 atom stereocenters. The average Bonchev–Trinajstić information content (AvgIpc) is 2.49. The van der Waals surface area contributed by atoms with E-state index in [1.54, 1.807) is 5.57 Å². The molecule has 0 saturated carbocycles. The number of benzene rings is 1. The first kappa shape index (κ1) is 15.3. The zero-order valence-electron chi connectivity index (χ0n) is 13.1. The van der Waals surface area contributed by atoms with Crippen molar-refractivity contribution in [2.75, 3.05) is 6.54 Å². The molecule has 1 aromatic carbocycles. The maximum Gasteiger partial charge on any atom is 0.0357 e. The second-order valence-corrected chi connectivity index (χ2v) is 5.91. The zero-order chi connectivity index (χ0) is 14.2. The SMILES string of the molecule is CCCc1ccc(C(CC2=CCCCC2)NCC)cc1. The van der Waals surface area contributed by atoms with Crippen molar-refractivity contribution in [3.05, 3.63) is 47.0 Å². The van der Waals surface area contributed by atoms with Crippen LogP contribution in [0.4, 0.5) is 0 Å². The van der Waals surface area contributed by atoms with Crippen LogP contribution in [-0.4, -0.2) is 6.54 Å². The quantitative estimate of drug-likeness (QED) is 0.674. The maximum absolute atomic E-state index is 3.66. The number of nitrogens with one attached hydrogen (secondary N) is 1. The van der Waals surface area contributed by atoms with Crippen LogP contribution in [0.3, 0.4) is 0 Å². The standard InChI is InChI=1S/C19H29N/c1-3-8-16-11-13-18(14-12-16)19(20-4-2)15-17-9-6-5-7-10-17/h9,11-14,19-20H,3-8,10,15H2,1-2H3. The van der Waals surface area contributed by atoms with Gasteiger partial charge in [-0.2, -0.15) is 0 Å². The Labute approximate surface area is 124 Å². The van der Waals surface area contributed by atoms with Gasteiger partial charge < -0.3 is 5.32 Å². The Balaban J connectivity index is 2.04. The van der Waals surface area contributed by atoms with Crippen molar-refractivity contribution < 1.29 is 0 Å². The molecule has 0 amide bonds. The second kappa shape index (κ2) is 8.26. The molecule has 1 aliphatic carbocycles. The summed E-state index contributed by atoms with van der Waals surface area (Å²) in [6, 6.07) is 9.74. The first-order valence-corrected chi connectivity index (χ1v) is 8.33. The Morgan fingerprint density at radius 1 is 1.10 bits per heavy atom. The van der Waals surface area contributed by atoms with E-state index < -0.39 is 0 Å². The Morgan fingerprint density at radius 3 is 2.50 bits per heavy atom. The third-order valence-electron chi connectivity index (χ3n) is 4.22. The molecule has 1 aliphatic rings. The minimum Gasteiger partial charge on any atom is -0.310 e. The monoisotopic (exact) mass is 271 g/mol. The minimum atomic E-state index is 0.486. The molecule has 1 nitrogen and oxygen atoms in total. The van der Waals surface area contributed by atoms with E-state index >= 15 is 0 Å². The van der Waals surface area contributed by atoms with Crippen LogP contribution < -0.4 is 5.32 Å². The summed E-state index contributed by atoms with van der Waals surface area (Å²) >= 11 is 0. The maximum atomic E-state index is 3.66. The van der Waals surface area contributed by atoms with Crippen LogP contribution in [0.25, 0.3) is 0 Å². The molecule has 1 N–H and O–H groups in total. The van der Waals surface area contributed by atoms with Gasteiger partial charge in [0.2, 0.25) is 0 Å². The summed E-state index contributed by atoms with van der Waals surface area (Å²) in [5.74, 6) is 0. The van der Waals surface area contributed by atoms with E-state index in [0.29, 0.717) is 6.04 Å². The van der Waals surface area contributed by atoms with Crippen LogP contribution in [0.5, 0.6) is 0 Å². The summed E-state index contributed by atoms with van der Waals surface area (Å²) in [4.78, 5) is 0. The van der Waals surface area contributed by atoms with Gasteiger partial charge in [0.1, 0.15) is 0 Å². The first-order valence-electron chi connectivity index (χ1n) is 8.33. The molecule has 0 radical (unpaired) electrons. The molecule has 1 unspecified atom stereocenters. The summed E-state index contributed by atoms with van der Waals surface area (Å²) in [6.07, 6.45) is 11.4. The molecule has 0 saturated heterocycles. The molecule has 0 aliphatic heterocycles. The van der Waals surface area contributed by atoms with Crippen LogP contribution in [0.15, 0.2) is 35.9 Å². The molecule has 0 spiro atoms. The van der Waals surface area contributed by atoms with E-state index in [-0.39, 0.29) is 0 Å². The zero-order valence-corrected chi connectivity index (χ0v) is 13.1. The third kappa shape index (κ3) is 4.49. The van der Waals surface area contributed by atoms with E-state index in [4.69, 9.17) is 0 Å². The molecular weight excluding hydrogens is 242 g/mol. The minimum absolute atomic E-state index is 0.486. The summed E-state index contributed by atoms with van der Waals surface area (Å²) in [5.41, 5.74) is 4.56. The smallest absolute Gasteiger partial charge is 0.0357 e. The van der Waals surface area contributed by atoms with Crippen molar-refractivity contribution in [2.24, 2.45) is 0 Å². The van der Waals surface area contributed by atoms with Gasteiger partial charge in [-0.05, 0) is 56.2 Å². The molecule has 20 heavy (non-hydrogen) atoms. The lowest BCUT2D eigenvalue weighted by atomic mass is 9.91. The Morgan fingerprint density at radius 2 is 1.90 bits per heavy atom. The molecule has 0 aromatic heterocycles. The topological polar surface area (TPSA) is 12.0 Å². The highest BCUT2D eigenvalue weighted by molar-refractivity contribution is 5.26. The van der Waals surface area contributed by atoms with Gasteiger partial charge in [-0.1, -0.05) is 56.2 Å². The molecule has 1 aromatic rings. The highest BCUT2D eigenvalue weighted by Crippen LogP contribution is 2.27. The Kier molecular flexibility index (Phi) is 6.32. The lowest BCUT2D eigenvalue weighted by Crippen LogP contribution is -2.21. The van der Waals surface area contributed by atoms with Gasteiger partial charge >= 0.3 is 0 Å². The summed E-state index contributed by atoms with van der Waals surface area (Å²) < 4.78 is 0. The van der Waals surface area contributed by atoms with Gasteiger partial charge in [0.05, 0.1) is 0 Å². The van der Waals surface area contributed by atoms with E-state index in [2.05, 4.69) is 49.5 Å². The van der Waals surface area contributed by atoms with Gasteiger partial charge in [0, 0.05) is 6.04 Å². The third-order valence-corrected chi connectivity index (χ3v) is 4.22. The lowest BCUT2D eigenvalue weighted by Gasteiger charge is -2.22. The van der Waals surface area contributed by atoms with Crippen LogP contribution in [0.2, 0.25) is 0 Å². The van der Waals surface area contributed by atoms with E-state index in [1.165, 1.54) is 56.1 Å². The van der Waals surface area contributed by atoms with Crippen LogP contribution in [-0.2, 0) is 6.42 Å². The Bertz CT molecular complexity index is 416. The fourth-order valence-electron chi connectivity index (χ4n) is 3.11. The predicted molar refractivity (Wildman–Crippen MR) is 88.0 cm³/mol. The molecule has 0 heterocycles. The normalized spacial score (nSPS) is 16.8. The van der Waals surface area contributed by atoms with E-state index in [1.807, 2.05) is 0 Å². The van der Waals surface area contributed by atoms with Crippen molar-refractivity contribution in [1.29, 1.82) is 0 Å². The fraction of sp³-hybridized carbons (Fsp3) is 0.579. The van der Waals surface area contributed by atoms with Crippen molar-refractivity contribution in [2.45, 2.75) is 64.8 Å². The van der Waals surface area contributed by atoms with Crippen LogP contribution >= 0.6 is 0 Å². The largest absolute Gasteiger partial charge is 0.310 e. The lowest BCUT2D eigenvalue weighted by molar-refractivity contribution is 0.527. The molecule has 0 bridgehead atoms. The van der Waals surface area contributed by atoms with Crippen LogP contribution in [0.1, 0.15) is 69.5 Å². The average molecular weight is 271 g/mol. The molecule has 0 fully saturated rings. The fourth-order valence-corrected chi connectivity index (χ4v) is 3.11. The number of rotatable bonds is 7. The van der Waals surface area contributed by atoms with Gasteiger partial charge in [0.25, 0.3) is 0 Å². The van der Waals surface area contributed by atoms with Crippen molar-refractivity contribution >= 4 is 0 Å². The van der Waals surface area contributed by atoms with Gasteiger partial charge in [-0.15, -0.1) is 0 Å². The van der Waals surface area contributed by atoms with E-state index in [9.17, 15) is 0 Å². The van der Waals surface area contributed by atoms with E-state index in [0.717, 1.165) is 6.54 Å². The molecule has 2 rings (SSSR count). The summed E-state index contributed by atoms with van der Waals surface area (Å²) in [6.45, 7) is 5.48. The number of aryl methyl sites for hydroxylation is 1. The Hall–Kier alpha value is -1.08. The first-order chi connectivity index (χ1) is 9.83. The van der Waals surface area contributed by atoms with Crippen molar-refractivity contribution in [1.82, 2.24) is 5.32 Å². The van der Waals surface area contributed by atoms with Crippen molar-refractivity contribution in [3.63, 3.8) is 0 Å². The van der Waals surface area contributed by atoms with Gasteiger partial charge in [-0.25, -0.2) is 0 Å². The highest BCUT2D eigenvalue weighted by atomic mass is 14.9. The number of hydrogen-bond acceptors (Lipinski definition) is 1. The number of allylic oxidation sites excluding steroid dienone is 1. The van der Waals surface area contributed by atoms with Gasteiger partial charge in [0.15, 0.2) is 0 Å². The predicted octanol–water partition coefficient (Wildman–Crippen LogP) is 5.18. The second-order valence-electron chi connectivity index (χ2n) is 5.91. The van der Waals surface area contributed by atoms with Gasteiger partial charge in [-0.3, -0.25) is 0 Å².